The van der Waals surface area contributed by atoms with Crippen LogP contribution in [0.15, 0.2) is 48.5 Å². The third-order valence-electron chi connectivity index (χ3n) is 3.20. The van der Waals surface area contributed by atoms with Crippen molar-refractivity contribution in [3.05, 3.63) is 59.4 Å². The van der Waals surface area contributed by atoms with E-state index in [0.717, 1.165) is 11.0 Å². The van der Waals surface area contributed by atoms with E-state index in [1.54, 1.807) is 28.8 Å². The van der Waals surface area contributed by atoms with Gasteiger partial charge in [-0.2, -0.15) is 0 Å². The number of fused-ring (bicyclic) bond motifs is 1. The van der Waals surface area contributed by atoms with Gasteiger partial charge in [0, 0.05) is 5.02 Å². The van der Waals surface area contributed by atoms with Gasteiger partial charge in [-0.15, -0.1) is 0 Å². The molecule has 0 atom stereocenters. The first-order valence-corrected chi connectivity index (χ1v) is 7.03. The minimum Gasteiger partial charge on any atom is -0.548 e. The number of halogens is 1. The van der Waals surface area contributed by atoms with Crippen molar-refractivity contribution in [3.63, 3.8) is 0 Å². The molecule has 1 heterocycles. The van der Waals surface area contributed by atoms with Crippen LogP contribution < -0.4 is 9.84 Å². The maximum atomic E-state index is 11.0. The smallest absolute Gasteiger partial charge is 0.148 e. The van der Waals surface area contributed by atoms with Gasteiger partial charge in [-0.25, -0.2) is 4.98 Å². The van der Waals surface area contributed by atoms with Gasteiger partial charge in [0.25, 0.3) is 0 Å². The Labute approximate surface area is 131 Å². The van der Waals surface area contributed by atoms with Crippen LogP contribution in [0.4, 0.5) is 0 Å². The van der Waals surface area contributed by atoms with Crippen LogP contribution in [0.5, 0.6) is 5.75 Å². The molecule has 0 saturated carbocycles. The molecule has 0 aliphatic rings. The second-order valence-electron chi connectivity index (χ2n) is 4.72. The minimum atomic E-state index is -1.17. The predicted molar refractivity (Wildman–Crippen MR) is 80.5 cm³/mol. The molecule has 0 fully saturated rings. The SMILES string of the molecule is O=C([O-])Cn1c(COc2ccc(Cl)cc2)nc2ccccc21. The van der Waals surface area contributed by atoms with Crippen LogP contribution in [0.1, 0.15) is 5.82 Å². The van der Waals surface area contributed by atoms with Crippen molar-refractivity contribution < 1.29 is 14.6 Å². The fourth-order valence-electron chi connectivity index (χ4n) is 2.22. The normalized spacial score (nSPS) is 10.8. The summed E-state index contributed by atoms with van der Waals surface area (Å²) in [5.74, 6) is -0.00676. The number of nitrogens with zero attached hydrogens (tertiary/aromatic N) is 2. The lowest BCUT2D eigenvalue weighted by Crippen LogP contribution is -2.28. The standard InChI is InChI=1S/C16H13ClN2O3/c17-11-5-7-12(8-6-11)22-10-15-18-13-3-1-2-4-14(13)19(15)9-16(20)21/h1-8H,9-10H2,(H,20,21)/p-1. The van der Waals surface area contributed by atoms with Crippen LogP contribution in [0.2, 0.25) is 5.02 Å². The highest BCUT2D eigenvalue weighted by atomic mass is 35.5. The molecule has 0 spiro atoms. The Hall–Kier alpha value is -2.53. The van der Waals surface area contributed by atoms with E-state index >= 15 is 0 Å². The van der Waals surface area contributed by atoms with Gasteiger partial charge in [0.05, 0.1) is 23.5 Å². The highest BCUT2D eigenvalue weighted by molar-refractivity contribution is 6.30. The Balaban J connectivity index is 1.88. The number of carbonyl (C=O) groups is 1. The van der Waals surface area contributed by atoms with Crippen molar-refractivity contribution in [1.29, 1.82) is 0 Å². The molecular weight excluding hydrogens is 304 g/mol. The molecule has 0 unspecified atom stereocenters. The van der Waals surface area contributed by atoms with Gasteiger partial charge >= 0.3 is 0 Å². The van der Waals surface area contributed by atoms with E-state index in [1.807, 2.05) is 24.3 Å². The Bertz CT molecular complexity index is 812. The third kappa shape index (κ3) is 3.04. The maximum absolute atomic E-state index is 11.0. The second-order valence-corrected chi connectivity index (χ2v) is 5.15. The molecule has 2 aromatic carbocycles. The molecule has 22 heavy (non-hydrogen) atoms. The van der Waals surface area contributed by atoms with Crippen LogP contribution in [-0.2, 0) is 17.9 Å². The number of aromatic nitrogens is 2. The summed E-state index contributed by atoms with van der Waals surface area (Å²) in [6.07, 6.45) is 0. The number of hydrogen-bond donors (Lipinski definition) is 0. The van der Waals surface area contributed by atoms with Crippen molar-refractivity contribution in [2.75, 3.05) is 0 Å². The molecule has 5 nitrogen and oxygen atoms in total. The third-order valence-corrected chi connectivity index (χ3v) is 3.45. The maximum Gasteiger partial charge on any atom is 0.148 e. The van der Waals surface area contributed by atoms with Gasteiger partial charge in [0.2, 0.25) is 0 Å². The molecule has 112 valence electrons. The van der Waals surface area contributed by atoms with Crippen molar-refractivity contribution in [3.8, 4) is 5.75 Å². The summed E-state index contributed by atoms with van der Waals surface area (Å²) in [6, 6.07) is 14.3. The summed E-state index contributed by atoms with van der Waals surface area (Å²) in [6.45, 7) is -0.108. The molecular formula is C16H12ClN2O3-. The number of hydrogen-bond acceptors (Lipinski definition) is 4. The summed E-state index contributed by atoms with van der Waals surface area (Å²) in [7, 11) is 0. The Morgan fingerprint density at radius 3 is 2.64 bits per heavy atom. The number of ether oxygens (including phenoxy) is 1. The Kier molecular flexibility index (Phi) is 3.98. The van der Waals surface area contributed by atoms with Gasteiger partial charge < -0.3 is 19.2 Å². The number of carboxylic acid groups (broad SMARTS) is 1. The number of imidazole rings is 1. The number of rotatable bonds is 5. The monoisotopic (exact) mass is 315 g/mol. The second kappa shape index (κ2) is 6.07. The van der Waals surface area contributed by atoms with Crippen LogP contribution in [0.3, 0.4) is 0 Å². The Morgan fingerprint density at radius 2 is 1.91 bits per heavy atom. The molecule has 0 saturated heterocycles. The minimum absolute atomic E-state index is 0.156. The van der Waals surface area contributed by atoms with Crippen molar-refractivity contribution in [2.45, 2.75) is 13.2 Å². The zero-order chi connectivity index (χ0) is 15.5. The number of benzene rings is 2. The summed E-state index contributed by atoms with van der Waals surface area (Å²) in [5.41, 5.74) is 1.46. The first-order valence-electron chi connectivity index (χ1n) is 6.66. The number of carboxylic acids is 1. The molecule has 0 aliphatic carbocycles. The van der Waals surface area contributed by atoms with E-state index in [-0.39, 0.29) is 13.2 Å². The topological polar surface area (TPSA) is 67.2 Å². The zero-order valence-electron chi connectivity index (χ0n) is 11.5. The van der Waals surface area contributed by atoms with Gasteiger partial charge in [-0.1, -0.05) is 23.7 Å². The molecule has 6 heteroatoms. The lowest BCUT2D eigenvalue weighted by Gasteiger charge is -2.11. The van der Waals surface area contributed by atoms with Gasteiger partial charge in [0.15, 0.2) is 0 Å². The summed E-state index contributed by atoms with van der Waals surface area (Å²) >= 11 is 5.82. The molecule has 0 bridgehead atoms. The van der Waals surface area contributed by atoms with E-state index in [2.05, 4.69) is 4.98 Å². The number of carbonyl (C=O) groups excluding carboxylic acids is 1. The van der Waals surface area contributed by atoms with Crippen molar-refractivity contribution in [2.24, 2.45) is 0 Å². The van der Waals surface area contributed by atoms with Crippen molar-refractivity contribution in [1.82, 2.24) is 9.55 Å². The quantitative estimate of drug-likeness (QED) is 0.722. The molecule has 0 aliphatic heterocycles. The molecule has 3 rings (SSSR count). The molecule has 3 aromatic rings. The van der Waals surface area contributed by atoms with E-state index in [9.17, 15) is 9.90 Å². The van der Waals surface area contributed by atoms with E-state index in [1.165, 1.54) is 0 Å². The molecule has 0 N–H and O–H groups in total. The van der Waals surface area contributed by atoms with Gasteiger partial charge in [0.1, 0.15) is 18.2 Å². The summed E-state index contributed by atoms with van der Waals surface area (Å²) in [5, 5.41) is 11.6. The molecule has 0 radical (unpaired) electrons. The highest BCUT2D eigenvalue weighted by Crippen LogP contribution is 2.19. The summed E-state index contributed by atoms with van der Waals surface area (Å²) < 4.78 is 7.23. The fourth-order valence-corrected chi connectivity index (χ4v) is 2.35. The van der Waals surface area contributed by atoms with Crippen LogP contribution in [0.25, 0.3) is 11.0 Å². The van der Waals surface area contributed by atoms with Crippen LogP contribution in [0, 0.1) is 0 Å². The number of para-hydroxylation sites is 2. The van der Waals surface area contributed by atoms with E-state index < -0.39 is 5.97 Å². The van der Waals surface area contributed by atoms with E-state index in [4.69, 9.17) is 16.3 Å². The Morgan fingerprint density at radius 1 is 1.18 bits per heavy atom. The average molecular weight is 316 g/mol. The lowest BCUT2D eigenvalue weighted by atomic mass is 10.3. The highest BCUT2D eigenvalue weighted by Gasteiger charge is 2.11. The number of aliphatic carboxylic acids is 1. The molecule has 0 amide bonds. The first kappa shape index (κ1) is 14.4. The van der Waals surface area contributed by atoms with Crippen LogP contribution in [-0.4, -0.2) is 15.5 Å². The van der Waals surface area contributed by atoms with Gasteiger partial charge in [-0.05, 0) is 36.4 Å². The molecule has 1 aromatic heterocycles. The largest absolute Gasteiger partial charge is 0.548 e. The van der Waals surface area contributed by atoms with Gasteiger partial charge in [-0.3, -0.25) is 0 Å². The van der Waals surface area contributed by atoms with E-state index in [0.29, 0.717) is 16.6 Å². The first-order chi connectivity index (χ1) is 10.6. The lowest BCUT2D eigenvalue weighted by molar-refractivity contribution is -0.306. The van der Waals surface area contributed by atoms with Crippen LogP contribution >= 0.6 is 11.6 Å². The van der Waals surface area contributed by atoms with Crippen molar-refractivity contribution >= 4 is 28.6 Å². The average Bonchev–Trinajstić information content (AvgIpc) is 2.84. The fraction of sp³-hybridized carbons (Fsp3) is 0.125. The zero-order valence-corrected chi connectivity index (χ0v) is 12.3. The summed E-state index contributed by atoms with van der Waals surface area (Å²) in [4.78, 5) is 15.4. The predicted octanol–water partition coefficient (Wildman–Crippen LogP) is 2.02.